The van der Waals surface area contributed by atoms with E-state index in [1.165, 1.54) is 19.2 Å². The summed E-state index contributed by atoms with van der Waals surface area (Å²) in [6.07, 6.45) is 0.915. The van der Waals surface area contributed by atoms with Gasteiger partial charge in [-0.25, -0.2) is 4.79 Å². The Morgan fingerprint density at radius 1 is 1.21 bits per heavy atom. The maximum absolute atomic E-state index is 12.2. The van der Waals surface area contributed by atoms with Crippen molar-refractivity contribution in [1.29, 1.82) is 0 Å². The molecule has 1 atom stereocenters. The van der Waals surface area contributed by atoms with Crippen LogP contribution in [0.2, 0.25) is 0 Å². The number of carbonyl (C=O) groups is 2. The van der Waals surface area contributed by atoms with E-state index in [4.69, 9.17) is 9.47 Å². The van der Waals surface area contributed by atoms with E-state index in [9.17, 15) is 19.7 Å². The highest BCUT2D eigenvalue weighted by molar-refractivity contribution is 5.96. The molecule has 2 rings (SSSR count). The first kappa shape index (κ1) is 20.9. The molecule has 8 heteroatoms. The average molecular weight is 386 g/mol. The molecule has 28 heavy (non-hydrogen) atoms. The van der Waals surface area contributed by atoms with Crippen LogP contribution in [-0.2, 0) is 9.53 Å². The summed E-state index contributed by atoms with van der Waals surface area (Å²) in [5, 5.41) is 13.8. The number of amides is 1. The van der Waals surface area contributed by atoms with Crippen molar-refractivity contribution in [1.82, 2.24) is 0 Å². The number of nitrogens with one attached hydrogen (secondary N) is 1. The zero-order valence-corrected chi connectivity index (χ0v) is 15.9. The SMILES string of the molecule is CC[C@@H](C)c1ccccc1NC(=O)COC(=O)c1ccc(OC)c([N+](=O)[O-])c1. The van der Waals surface area contributed by atoms with Crippen LogP contribution < -0.4 is 10.1 Å². The summed E-state index contributed by atoms with van der Waals surface area (Å²) in [4.78, 5) is 34.7. The fraction of sp³-hybridized carbons (Fsp3) is 0.300. The van der Waals surface area contributed by atoms with Gasteiger partial charge in [-0.05, 0) is 36.1 Å². The summed E-state index contributed by atoms with van der Waals surface area (Å²) in [5.41, 5.74) is 1.26. The number of rotatable bonds is 8. The summed E-state index contributed by atoms with van der Waals surface area (Å²) < 4.78 is 9.87. The number of nitrogens with zero attached hydrogens (tertiary/aromatic N) is 1. The molecule has 0 unspecified atom stereocenters. The molecular weight excluding hydrogens is 364 g/mol. The lowest BCUT2D eigenvalue weighted by molar-refractivity contribution is -0.385. The topological polar surface area (TPSA) is 108 Å². The van der Waals surface area contributed by atoms with Gasteiger partial charge in [0.05, 0.1) is 17.6 Å². The number of anilines is 1. The van der Waals surface area contributed by atoms with E-state index < -0.39 is 23.4 Å². The van der Waals surface area contributed by atoms with Gasteiger partial charge in [-0.15, -0.1) is 0 Å². The lowest BCUT2D eigenvalue weighted by Gasteiger charge is -2.15. The molecule has 2 aromatic rings. The maximum Gasteiger partial charge on any atom is 0.338 e. The predicted molar refractivity (Wildman–Crippen MR) is 104 cm³/mol. The molecule has 0 aliphatic rings. The molecule has 0 heterocycles. The van der Waals surface area contributed by atoms with Gasteiger partial charge in [-0.1, -0.05) is 32.0 Å². The van der Waals surface area contributed by atoms with Crippen molar-refractivity contribution < 1.29 is 24.0 Å². The Balaban J connectivity index is 2.03. The minimum Gasteiger partial charge on any atom is -0.490 e. The Kier molecular flexibility index (Phi) is 7.08. The lowest BCUT2D eigenvalue weighted by Crippen LogP contribution is -2.21. The van der Waals surface area contributed by atoms with Gasteiger partial charge in [0, 0.05) is 11.8 Å². The Labute approximate surface area is 162 Å². The zero-order valence-electron chi connectivity index (χ0n) is 15.9. The first-order chi connectivity index (χ1) is 13.4. The lowest BCUT2D eigenvalue weighted by atomic mass is 9.97. The van der Waals surface area contributed by atoms with Crippen LogP contribution in [0.1, 0.15) is 42.1 Å². The molecule has 0 aliphatic heterocycles. The molecule has 0 bridgehead atoms. The molecule has 0 saturated carbocycles. The monoisotopic (exact) mass is 386 g/mol. The standard InChI is InChI=1S/C20H22N2O6/c1-4-13(2)15-7-5-6-8-16(15)21-19(23)12-28-20(24)14-9-10-18(27-3)17(11-14)22(25)26/h5-11,13H,4,12H2,1-3H3,(H,21,23)/t13-/m1/s1. The van der Waals surface area contributed by atoms with E-state index >= 15 is 0 Å². The van der Waals surface area contributed by atoms with Crippen LogP contribution in [0.4, 0.5) is 11.4 Å². The first-order valence-corrected chi connectivity index (χ1v) is 8.75. The maximum atomic E-state index is 12.2. The van der Waals surface area contributed by atoms with Crippen LogP contribution >= 0.6 is 0 Å². The minimum absolute atomic E-state index is 0.0287. The van der Waals surface area contributed by atoms with Gasteiger partial charge in [0.1, 0.15) is 0 Å². The van der Waals surface area contributed by atoms with Crippen molar-refractivity contribution in [3.63, 3.8) is 0 Å². The predicted octanol–water partition coefficient (Wildman–Crippen LogP) is 3.91. The van der Waals surface area contributed by atoms with E-state index in [1.807, 2.05) is 18.2 Å². The van der Waals surface area contributed by atoms with Crippen LogP contribution in [0.5, 0.6) is 5.75 Å². The molecule has 0 radical (unpaired) electrons. The molecule has 0 fully saturated rings. The van der Waals surface area contributed by atoms with Crippen LogP contribution in [0.15, 0.2) is 42.5 Å². The third-order valence-electron chi connectivity index (χ3n) is 4.32. The molecule has 0 spiro atoms. The van der Waals surface area contributed by atoms with Crippen molar-refractivity contribution in [2.75, 3.05) is 19.0 Å². The fourth-order valence-electron chi connectivity index (χ4n) is 2.62. The highest BCUT2D eigenvalue weighted by Gasteiger charge is 2.20. The number of para-hydroxylation sites is 1. The number of hydrogen-bond donors (Lipinski definition) is 1. The van der Waals surface area contributed by atoms with Gasteiger partial charge >= 0.3 is 11.7 Å². The molecule has 1 N–H and O–H groups in total. The Hall–Kier alpha value is -3.42. The van der Waals surface area contributed by atoms with E-state index in [0.29, 0.717) is 5.69 Å². The van der Waals surface area contributed by atoms with Gasteiger partial charge < -0.3 is 14.8 Å². The number of methoxy groups -OCH3 is 1. The Bertz CT molecular complexity index is 881. The average Bonchev–Trinajstić information content (AvgIpc) is 2.71. The van der Waals surface area contributed by atoms with Crippen LogP contribution in [0.3, 0.4) is 0 Å². The molecule has 0 aliphatic carbocycles. The number of nitro groups is 1. The van der Waals surface area contributed by atoms with Crippen LogP contribution in [-0.4, -0.2) is 30.5 Å². The molecule has 148 valence electrons. The van der Waals surface area contributed by atoms with Crippen LogP contribution in [0.25, 0.3) is 0 Å². The van der Waals surface area contributed by atoms with E-state index in [0.717, 1.165) is 18.1 Å². The highest BCUT2D eigenvalue weighted by Crippen LogP contribution is 2.28. The van der Waals surface area contributed by atoms with Gasteiger partial charge in [0.25, 0.3) is 5.91 Å². The zero-order chi connectivity index (χ0) is 20.7. The first-order valence-electron chi connectivity index (χ1n) is 8.75. The summed E-state index contributed by atoms with van der Waals surface area (Å²) in [6, 6.07) is 11.1. The molecule has 1 amide bonds. The summed E-state index contributed by atoms with van der Waals surface area (Å²) in [7, 11) is 1.29. The Morgan fingerprint density at radius 3 is 2.57 bits per heavy atom. The molecule has 0 aromatic heterocycles. The van der Waals surface area contributed by atoms with Crippen LogP contribution in [0, 0.1) is 10.1 Å². The van der Waals surface area contributed by atoms with E-state index in [1.54, 1.807) is 6.07 Å². The molecule has 8 nitrogen and oxygen atoms in total. The number of nitro benzene ring substituents is 1. The quantitative estimate of drug-likeness (QED) is 0.419. The second-order valence-electron chi connectivity index (χ2n) is 6.16. The number of esters is 1. The van der Waals surface area contributed by atoms with E-state index in [-0.39, 0.29) is 22.9 Å². The molecular formula is C20H22N2O6. The number of benzene rings is 2. The van der Waals surface area contributed by atoms with Crippen molar-refractivity contribution in [2.45, 2.75) is 26.2 Å². The Morgan fingerprint density at radius 2 is 1.93 bits per heavy atom. The van der Waals surface area contributed by atoms with Gasteiger partial charge in [-0.2, -0.15) is 0 Å². The second-order valence-corrected chi connectivity index (χ2v) is 6.16. The molecule has 0 saturated heterocycles. The number of carbonyl (C=O) groups excluding carboxylic acids is 2. The number of hydrogen-bond acceptors (Lipinski definition) is 6. The minimum atomic E-state index is -0.837. The smallest absolute Gasteiger partial charge is 0.338 e. The molecule has 2 aromatic carbocycles. The normalized spacial score (nSPS) is 11.4. The van der Waals surface area contributed by atoms with Crippen molar-refractivity contribution in [3.05, 3.63) is 63.7 Å². The summed E-state index contributed by atoms with van der Waals surface area (Å²) >= 11 is 0. The van der Waals surface area contributed by atoms with E-state index in [2.05, 4.69) is 19.2 Å². The van der Waals surface area contributed by atoms with Crippen molar-refractivity contribution in [2.24, 2.45) is 0 Å². The summed E-state index contributed by atoms with van der Waals surface area (Å²) in [5.74, 6) is -1.04. The van der Waals surface area contributed by atoms with Crippen molar-refractivity contribution >= 4 is 23.3 Å². The third kappa shape index (κ3) is 5.06. The second kappa shape index (κ2) is 9.50. The van der Waals surface area contributed by atoms with Gasteiger partial charge in [0.2, 0.25) is 0 Å². The third-order valence-corrected chi connectivity index (χ3v) is 4.32. The van der Waals surface area contributed by atoms with Gasteiger partial charge in [0.15, 0.2) is 12.4 Å². The fourth-order valence-corrected chi connectivity index (χ4v) is 2.62. The van der Waals surface area contributed by atoms with Gasteiger partial charge in [-0.3, -0.25) is 14.9 Å². The summed E-state index contributed by atoms with van der Waals surface area (Å²) in [6.45, 7) is 3.61. The number of ether oxygens (including phenoxy) is 2. The highest BCUT2D eigenvalue weighted by atomic mass is 16.6. The largest absolute Gasteiger partial charge is 0.490 e. The van der Waals surface area contributed by atoms with Crippen molar-refractivity contribution in [3.8, 4) is 5.75 Å².